The van der Waals surface area contributed by atoms with E-state index in [4.69, 9.17) is 11.6 Å². The van der Waals surface area contributed by atoms with E-state index in [0.717, 1.165) is 11.4 Å². The molecule has 0 saturated carbocycles. The molecule has 8 heteroatoms. The van der Waals surface area contributed by atoms with E-state index in [1.54, 1.807) is 22.9 Å². The number of carbonyl (C=O) groups excluding carboxylic acids is 1. The number of nitrogens with zero attached hydrogens (tertiary/aromatic N) is 4. The lowest BCUT2D eigenvalue weighted by molar-refractivity contribution is 0.0943. The number of rotatable bonds is 5. The zero-order valence-electron chi connectivity index (χ0n) is 14.9. The van der Waals surface area contributed by atoms with Gasteiger partial charge >= 0.3 is 0 Å². The number of fused-ring (bicyclic) bond motifs is 1. The molecule has 0 radical (unpaired) electrons. The summed E-state index contributed by atoms with van der Waals surface area (Å²) in [6.45, 7) is 7.17. The van der Waals surface area contributed by atoms with Gasteiger partial charge in [0.25, 0.3) is 5.91 Å². The summed E-state index contributed by atoms with van der Waals surface area (Å²) < 4.78 is 3.44. The Morgan fingerprint density at radius 3 is 2.62 bits per heavy atom. The lowest BCUT2D eigenvalue weighted by atomic mass is 10.2. The van der Waals surface area contributed by atoms with Gasteiger partial charge in [0, 0.05) is 23.8 Å². The summed E-state index contributed by atoms with van der Waals surface area (Å²) in [4.78, 5) is 25.2. The van der Waals surface area contributed by atoms with Gasteiger partial charge in [0.15, 0.2) is 5.69 Å². The average Bonchev–Trinajstić information content (AvgIpc) is 2.93. The van der Waals surface area contributed by atoms with Crippen LogP contribution in [0.5, 0.6) is 0 Å². The second kappa shape index (κ2) is 7.29. The molecule has 0 spiro atoms. The van der Waals surface area contributed by atoms with E-state index in [2.05, 4.69) is 15.5 Å². The van der Waals surface area contributed by atoms with Crippen molar-refractivity contribution in [3.05, 3.63) is 56.6 Å². The first-order valence-electron chi connectivity index (χ1n) is 8.40. The fourth-order valence-electron chi connectivity index (χ4n) is 2.91. The summed E-state index contributed by atoms with van der Waals surface area (Å²) in [5, 5.41) is 12.1. The third-order valence-corrected chi connectivity index (χ3v) is 4.38. The highest BCUT2D eigenvalue weighted by atomic mass is 35.5. The molecule has 0 fully saturated rings. The molecule has 26 heavy (non-hydrogen) atoms. The van der Waals surface area contributed by atoms with Gasteiger partial charge in [-0.3, -0.25) is 19.0 Å². The minimum atomic E-state index is -0.499. The Balaban J connectivity index is 1.85. The maximum absolute atomic E-state index is 12.7. The highest BCUT2D eigenvalue weighted by molar-refractivity contribution is 6.31. The number of aromatic nitrogens is 4. The average molecular weight is 374 g/mol. The van der Waals surface area contributed by atoms with Crippen molar-refractivity contribution < 1.29 is 4.79 Å². The molecule has 1 amide bonds. The van der Waals surface area contributed by atoms with Gasteiger partial charge in [-0.1, -0.05) is 11.6 Å². The van der Waals surface area contributed by atoms with E-state index in [1.807, 2.05) is 31.5 Å². The molecule has 0 aliphatic carbocycles. The highest BCUT2D eigenvalue weighted by Gasteiger charge is 2.17. The van der Waals surface area contributed by atoms with Gasteiger partial charge in [-0.2, -0.15) is 10.2 Å². The van der Waals surface area contributed by atoms with Crippen molar-refractivity contribution in [1.29, 1.82) is 0 Å². The fourth-order valence-corrected chi connectivity index (χ4v) is 3.08. The smallest absolute Gasteiger partial charge is 0.275 e. The van der Waals surface area contributed by atoms with Crippen LogP contribution in [0.1, 0.15) is 28.8 Å². The predicted molar refractivity (Wildman–Crippen MR) is 101 cm³/mol. The molecule has 1 N–H and O–H groups in total. The number of hydrogen-bond acceptors (Lipinski definition) is 4. The summed E-state index contributed by atoms with van der Waals surface area (Å²) in [6, 6.07) is 6.97. The quantitative estimate of drug-likeness (QED) is 0.744. The topological polar surface area (TPSA) is 81.8 Å². The summed E-state index contributed by atoms with van der Waals surface area (Å²) in [5.41, 5.74) is 2.04. The van der Waals surface area contributed by atoms with Crippen LogP contribution in [0.4, 0.5) is 0 Å². The van der Waals surface area contributed by atoms with Crippen LogP contribution in [-0.4, -0.2) is 32.0 Å². The third kappa shape index (κ3) is 3.48. The minimum absolute atomic E-state index is 0.130. The number of halogens is 1. The Morgan fingerprint density at radius 2 is 1.96 bits per heavy atom. The lowest BCUT2D eigenvalue weighted by Crippen LogP contribution is -2.34. The molecule has 7 nitrogen and oxygen atoms in total. The fraction of sp³-hybridized carbons (Fsp3) is 0.333. The second-order valence-corrected chi connectivity index (χ2v) is 6.50. The molecule has 0 saturated heterocycles. The summed E-state index contributed by atoms with van der Waals surface area (Å²) >= 11 is 6.01. The van der Waals surface area contributed by atoms with Crippen molar-refractivity contribution in [3.8, 4) is 0 Å². The molecule has 2 heterocycles. The van der Waals surface area contributed by atoms with Crippen molar-refractivity contribution in [2.75, 3.05) is 6.54 Å². The van der Waals surface area contributed by atoms with Crippen LogP contribution >= 0.6 is 11.6 Å². The molecule has 3 aromatic rings. The summed E-state index contributed by atoms with van der Waals surface area (Å²) in [5.74, 6) is -0.499. The van der Waals surface area contributed by atoms with E-state index in [-0.39, 0.29) is 5.69 Å². The Labute approximate surface area is 155 Å². The van der Waals surface area contributed by atoms with Crippen LogP contribution in [0.25, 0.3) is 10.9 Å². The van der Waals surface area contributed by atoms with Gasteiger partial charge in [-0.25, -0.2) is 0 Å². The predicted octanol–water partition coefficient (Wildman–Crippen LogP) is 2.31. The lowest BCUT2D eigenvalue weighted by Gasteiger charge is -2.11. The standard InChI is InChI=1S/C18H20ClN5O2/c1-4-23-15-6-5-13(19)10-14(15)17(25)16(22-23)18(26)20-7-8-24-12(3)9-11(2)21-24/h5-6,9-10H,4,7-8H2,1-3H3,(H,20,26). The van der Waals surface area contributed by atoms with E-state index >= 15 is 0 Å². The molecule has 136 valence electrons. The molecule has 0 aliphatic rings. The first-order chi connectivity index (χ1) is 12.4. The molecule has 0 aliphatic heterocycles. The Morgan fingerprint density at radius 1 is 1.19 bits per heavy atom. The normalized spacial score (nSPS) is 11.1. The summed E-state index contributed by atoms with van der Waals surface area (Å²) in [6.07, 6.45) is 0. The van der Waals surface area contributed by atoms with Crippen LogP contribution < -0.4 is 10.7 Å². The number of carbonyl (C=O) groups is 1. The van der Waals surface area contributed by atoms with Crippen molar-refractivity contribution >= 4 is 28.4 Å². The van der Waals surface area contributed by atoms with Gasteiger partial charge < -0.3 is 5.32 Å². The zero-order chi connectivity index (χ0) is 18.8. The molecule has 2 aromatic heterocycles. The number of amides is 1. The van der Waals surface area contributed by atoms with Crippen LogP contribution in [0, 0.1) is 13.8 Å². The molecule has 3 rings (SSSR count). The van der Waals surface area contributed by atoms with Crippen molar-refractivity contribution in [1.82, 2.24) is 24.9 Å². The van der Waals surface area contributed by atoms with Gasteiger partial charge in [0.2, 0.25) is 5.43 Å². The number of hydrogen-bond donors (Lipinski definition) is 1. The van der Waals surface area contributed by atoms with Crippen LogP contribution in [0.2, 0.25) is 5.02 Å². The third-order valence-electron chi connectivity index (χ3n) is 4.14. The van der Waals surface area contributed by atoms with Crippen molar-refractivity contribution in [3.63, 3.8) is 0 Å². The molecular formula is C18H20ClN5O2. The van der Waals surface area contributed by atoms with E-state index in [0.29, 0.717) is 35.6 Å². The first kappa shape index (κ1) is 18.1. The van der Waals surface area contributed by atoms with Gasteiger partial charge in [-0.05, 0) is 45.0 Å². The second-order valence-electron chi connectivity index (χ2n) is 6.06. The summed E-state index contributed by atoms with van der Waals surface area (Å²) in [7, 11) is 0. The number of aryl methyl sites for hydroxylation is 3. The first-order valence-corrected chi connectivity index (χ1v) is 8.78. The SMILES string of the molecule is CCn1nc(C(=O)NCCn2nc(C)cc2C)c(=O)c2cc(Cl)ccc21. The monoisotopic (exact) mass is 373 g/mol. The maximum atomic E-state index is 12.7. The van der Waals surface area contributed by atoms with Crippen molar-refractivity contribution in [2.45, 2.75) is 33.9 Å². The van der Waals surface area contributed by atoms with E-state index < -0.39 is 11.3 Å². The van der Waals surface area contributed by atoms with Crippen LogP contribution in [0.3, 0.4) is 0 Å². The number of nitrogens with one attached hydrogen (secondary N) is 1. The van der Waals surface area contributed by atoms with Gasteiger partial charge in [0.05, 0.1) is 23.1 Å². The zero-order valence-corrected chi connectivity index (χ0v) is 15.7. The van der Waals surface area contributed by atoms with E-state index in [9.17, 15) is 9.59 Å². The molecular weight excluding hydrogens is 354 g/mol. The Hall–Kier alpha value is -2.67. The minimum Gasteiger partial charge on any atom is -0.349 e. The van der Waals surface area contributed by atoms with Crippen LogP contribution in [-0.2, 0) is 13.1 Å². The number of benzene rings is 1. The molecule has 1 aromatic carbocycles. The van der Waals surface area contributed by atoms with Gasteiger partial charge in [0.1, 0.15) is 0 Å². The van der Waals surface area contributed by atoms with E-state index in [1.165, 1.54) is 0 Å². The van der Waals surface area contributed by atoms with Crippen molar-refractivity contribution in [2.24, 2.45) is 0 Å². The highest BCUT2D eigenvalue weighted by Crippen LogP contribution is 2.16. The Kier molecular flexibility index (Phi) is 5.08. The molecule has 0 bridgehead atoms. The maximum Gasteiger partial charge on any atom is 0.275 e. The molecule has 0 atom stereocenters. The largest absolute Gasteiger partial charge is 0.349 e. The molecule has 0 unspecified atom stereocenters. The Bertz CT molecular complexity index is 1040. The van der Waals surface area contributed by atoms with Gasteiger partial charge in [-0.15, -0.1) is 0 Å². The van der Waals surface area contributed by atoms with Crippen LogP contribution in [0.15, 0.2) is 29.1 Å².